The second kappa shape index (κ2) is 5.87. The molecular formula is C17H11Br2FO. The van der Waals surface area contributed by atoms with Gasteiger partial charge in [0.1, 0.15) is 11.9 Å². The van der Waals surface area contributed by atoms with Crippen LogP contribution in [-0.2, 0) is 0 Å². The Labute approximate surface area is 138 Å². The fourth-order valence-electron chi connectivity index (χ4n) is 2.28. The Morgan fingerprint density at radius 1 is 0.810 bits per heavy atom. The Bertz CT molecular complexity index is 817. The number of hydrogen-bond donors (Lipinski definition) is 1. The first-order valence-electron chi connectivity index (χ1n) is 6.37. The molecule has 0 aliphatic carbocycles. The van der Waals surface area contributed by atoms with Crippen molar-refractivity contribution in [3.05, 3.63) is 80.5 Å². The van der Waals surface area contributed by atoms with Gasteiger partial charge < -0.3 is 5.11 Å². The molecule has 0 aromatic heterocycles. The fraction of sp³-hybridized carbons (Fsp3) is 0.0588. The van der Waals surface area contributed by atoms with Crippen LogP contribution in [0, 0.1) is 5.82 Å². The van der Waals surface area contributed by atoms with Gasteiger partial charge in [-0.1, -0.05) is 40.2 Å². The number of hydrogen-bond acceptors (Lipinski definition) is 1. The van der Waals surface area contributed by atoms with Crippen LogP contribution in [0.2, 0.25) is 0 Å². The van der Waals surface area contributed by atoms with Gasteiger partial charge in [0.05, 0.1) is 4.47 Å². The molecular weight excluding hydrogens is 399 g/mol. The highest BCUT2D eigenvalue weighted by molar-refractivity contribution is 9.10. The first-order chi connectivity index (χ1) is 10.0. The molecule has 0 fully saturated rings. The number of halogens is 3. The lowest BCUT2D eigenvalue weighted by atomic mass is 9.98. The normalized spacial score (nSPS) is 12.6. The molecule has 0 aliphatic heterocycles. The minimum absolute atomic E-state index is 0.339. The van der Waals surface area contributed by atoms with Gasteiger partial charge in [-0.3, -0.25) is 0 Å². The summed E-state index contributed by atoms with van der Waals surface area (Å²) in [6, 6.07) is 16.3. The standard InChI is InChI=1S/C17H11Br2FO/c18-14-5-3-10-7-12(2-1-11(10)8-14)17(21)13-4-6-16(20)15(19)9-13/h1-9,17,21H. The molecule has 0 aliphatic rings. The van der Waals surface area contributed by atoms with Crippen LogP contribution in [0.15, 0.2) is 63.5 Å². The second-order valence-electron chi connectivity index (χ2n) is 4.83. The second-order valence-corrected chi connectivity index (χ2v) is 6.60. The highest BCUT2D eigenvalue weighted by Crippen LogP contribution is 2.29. The zero-order valence-corrected chi connectivity index (χ0v) is 14.0. The molecule has 0 saturated carbocycles. The third-order valence-corrected chi connectivity index (χ3v) is 4.50. The Morgan fingerprint density at radius 2 is 1.43 bits per heavy atom. The monoisotopic (exact) mass is 408 g/mol. The van der Waals surface area contributed by atoms with Crippen molar-refractivity contribution in [2.75, 3.05) is 0 Å². The van der Waals surface area contributed by atoms with Crippen LogP contribution < -0.4 is 0 Å². The van der Waals surface area contributed by atoms with Gasteiger partial charge >= 0.3 is 0 Å². The summed E-state index contributed by atoms with van der Waals surface area (Å²) in [6.45, 7) is 0. The van der Waals surface area contributed by atoms with Gasteiger partial charge in [0, 0.05) is 4.47 Å². The maximum absolute atomic E-state index is 13.3. The van der Waals surface area contributed by atoms with Crippen molar-refractivity contribution in [1.82, 2.24) is 0 Å². The number of benzene rings is 3. The molecule has 0 heterocycles. The smallest absolute Gasteiger partial charge is 0.137 e. The Morgan fingerprint density at radius 3 is 2.19 bits per heavy atom. The van der Waals surface area contributed by atoms with E-state index in [1.165, 1.54) is 6.07 Å². The maximum atomic E-state index is 13.3. The van der Waals surface area contributed by atoms with Crippen LogP contribution in [0.4, 0.5) is 4.39 Å². The van der Waals surface area contributed by atoms with Crippen LogP contribution in [0.5, 0.6) is 0 Å². The largest absolute Gasteiger partial charge is 0.384 e. The Hall–Kier alpha value is -1.23. The zero-order valence-electron chi connectivity index (χ0n) is 10.9. The minimum atomic E-state index is -0.782. The molecule has 0 amide bonds. The van der Waals surface area contributed by atoms with Crippen molar-refractivity contribution >= 4 is 42.6 Å². The minimum Gasteiger partial charge on any atom is -0.384 e. The number of aliphatic hydroxyl groups is 1. The van der Waals surface area contributed by atoms with Crippen molar-refractivity contribution < 1.29 is 9.50 Å². The molecule has 106 valence electrons. The van der Waals surface area contributed by atoms with E-state index in [2.05, 4.69) is 31.9 Å². The van der Waals surface area contributed by atoms with Crippen molar-refractivity contribution in [2.45, 2.75) is 6.10 Å². The molecule has 1 unspecified atom stereocenters. The molecule has 3 rings (SSSR count). The molecule has 0 radical (unpaired) electrons. The predicted molar refractivity (Wildman–Crippen MR) is 89.8 cm³/mol. The van der Waals surface area contributed by atoms with Crippen LogP contribution in [0.25, 0.3) is 10.8 Å². The molecule has 3 aromatic rings. The average Bonchev–Trinajstić information content (AvgIpc) is 2.49. The van der Waals surface area contributed by atoms with Gasteiger partial charge in [-0.2, -0.15) is 0 Å². The van der Waals surface area contributed by atoms with E-state index in [0.29, 0.717) is 10.0 Å². The van der Waals surface area contributed by atoms with Crippen LogP contribution >= 0.6 is 31.9 Å². The molecule has 3 aromatic carbocycles. The third-order valence-electron chi connectivity index (χ3n) is 3.40. The van der Waals surface area contributed by atoms with E-state index in [1.54, 1.807) is 12.1 Å². The van der Waals surface area contributed by atoms with E-state index in [1.807, 2.05) is 36.4 Å². The quantitative estimate of drug-likeness (QED) is 0.585. The summed E-state index contributed by atoms with van der Waals surface area (Å²) in [4.78, 5) is 0. The summed E-state index contributed by atoms with van der Waals surface area (Å²) in [6.07, 6.45) is -0.782. The van der Waals surface area contributed by atoms with E-state index in [4.69, 9.17) is 0 Å². The van der Waals surface area contributed by atoms with Crippen molar-refractivity contribution in [3.63, 3.8) is 0 Å². The van der Waals surface area contributed by atoms with Gasteiger partial charge in [0.2, 0.25) is 0 Å². The highest BCUT2D eigenvalue weighted by Gasteiger charge is 2.12. The summed E-state index contributed by atoms with van der Waals surface area (Å²) in [5, 5.41) is 12.6. The van der Waals surface area contributed by atoms with E-state index >= 15 is 0 Å². The lowest BCUT2D eigenvalue weighted by Gasteiger charge is -2.13. The molecule has 0 spiro atoms. The van der Waals surface area contributed by atoms with E-state index < -0.39 is 6.10 Å². The number of aliphatic hydroxyl groups excluding tert-OH is 1. The van der Waals surface area contributed by atoms with Gasteiger partial charge in [-0.05, 0) is 68.2 Å². The number of rotatable bonds is 2. The van der Waals surface area contributed by atoms with Crippen molar-refractivity contribution in [2.24, 2.45) is 0 Å². The van der Waals surface area contributed by atoms with Gasteiger partial charge in [-0.25, -0.2) is 4.39 Å². The summed E-state index contributed by atoms with van der Waals surface area (Å²) in [5.41, 5.74) is 1.43. The van der Waals surface area contributed by atoms with E-state index in [-0.39, 0.29) is 5.82 Å². The van der Waals surface area contributed by atoms with E-state index in [0.717, 1.165) is 20.8 Å². The first kappa shape index (κ1) is 14.7. The summed E-state index contributed by atoms with van der Waals surface area (Å²) in [7, 11) is 0. The van der Waals surface area contributed by atoms with E-state index in [9.17, 15) is 9.50 Å². The Kier molecular flexibility index (Phi) is 4.11. The SMILES string of the molecule is OC(c1ccc(F)c(Br)c1)c1ccc2cc(Br)ccc2c1. The fourth-order valence-corrected chi connectivity index (χ4v) is 3.06. The van der Waals surface area contributed by atoms with Gasteiger partial charge in [0.15, 0.2) is 0 Å². The lowest BCUT2D eigenvalue weighted by molar-refractivity contribution is 0.220. The van der Waals surface area contributed by atoms with Crippen molar-refractivity contribution in [1.29, 1.82) is 0 Å². The topological polar surface area (TPSA) is 20.2 Å². The summed E-state index contributed by atoms with van der Waals surface area (Å²) in [5.74, 6) is -0.339. The Balaban J connectivity index is 2.02. The highest BCUT2D eigenvalue weighted by atomic mass is 79.9. The molecule has 0 saturated heterocycles. The molecule has 1 nitrogen and oxygen atoms in total. The molecule has 1 atom stereocenters. The van der Waals surface area contributed by atoms with Crippen LogP contribution in [0.3, 0.4) is 0 Å². The molecule has 21 heavy (non-hydrogen) atoms. The summed E-state index contributed by atoms with van der Waals surface area (Å²) >= 11 is 6.58. The predicted octanol–water partition coefficient (Wildman–Crippen LogP) is 5.59. The van der Waals surface area contributed by atoms with Gasteiger partial charge in [0.25, 0.3) is 0 Å². The van der Waals surface area contributed by atoms with Crippen LogP contribution in [-0.4, -0.2) is 5.11 Å². The molecule has 1 N–H and O–H groups in total. The lowest BCUT2D eigenvalue weighted by Crippen LogP contribution is -2.00. The van der Waals surface area contributed by atoms with Crippen molar-refractivity contribution in [3.8, 4) is 0 Å². The third kappa shape index (κ3) is 3.03. The first-order valence-corrected chi connectivity index (χ1v) is 7.95. The van der Waals surface area contributed by atoms with Crippen LogP contribution in [0.1, 0.15) is 17.2 Å². The average molecular weight is 410 g/mol. The number of fused-ring (bicyclic) bond motifs is 1. The molecule has 4 heteroatoms. The molecule has 0 bridgehead atoms. The van der Waals surface area contributed by atoms with Gasteiger partial charge in [-0.15, -0.1) is 0 Å². The summed E-state index contributed by atoms with van der Waals surface area (Å²) < 4.78 is 14.6. The zero-order chi connectivity index (χ0) is 15.0. The maximum Gasteiger partial charge on any atom is 0.137 e.